The molecule has 0 radical (unpaired) electrons. The van der Waals surface area contributed by atoms with Crippen LogP contribution in [0.25, 0.3) is 0 Å². The van der Waals surface area contributed by atoms with Gasteiger partial charge in [-0.25, -0.2) is 4.79 Å². The maximum atomic E-state index is 12.7. The number of hydrogen-bond donors (Lipinski definition) is 1. The van der Waals surface area contributed by atoms with Crippen LogP contribution in [0.15, 0.2) is 24.3 Å². The quantitative estimate of drug-likeness (QED) is 0.903. The minimum atomic E-state index is -0.0141. The van der Waals surface area contributed by atoms with E-state index in [-0.39, 0.29) is 12.1 Å². The summed E-state index contributed by atoms with van der Waals surface area (Å²) in [5, 5.41) is 12.0. The second-order valence-electron chi connectivity index (χ2n) is 6.70. The van der Waals surface area contributed by atoms with Gasteiger partial charge in [0.05, 0.1) is 17.7 Å². The molecule has 0 aromatic heterocycles. The van der Waals surface area contributed by atoms with Crippen LogP contribution in [0.1, 0.15) is 49.7 Å². The third kappa shape index (κ3) is 4.27. The molecule has 1 aromatic rings. The summed E-state index contributed by atoms with van der Waals surface area (Å²) in [6.07, 6.45) is 6.88. The molecule has 0 bridgehead atoms. The summed E-state index contributed by atoms with van der Waals surface area (Å²) in [5.41, 5.74) is 1.57. The van der Waals surface area contributed by atoms with E-state index in [0.717, 1.165) is 37.9 Å². The Morgan fingerprint density at radius 1 is 1.29 bits per heavy atom. The second kappa shape index (κ2) is 8.16. The van der Waals surface area contributed by atoms with Crippen molar-refractivity contribution < 1.29 is 9.53 Å². The van der Waals surface area contributed by atoms with Crippen molar-refractivity contribution in [1.82, 2.24) is 10.2 Å². The molecule has 0 spiro atoms. The van der Waals surface area contributed by atoms with Crippen molar-refractivity contribution in [2.45, 2.75) is 57.2 Å². The first-order chi connectivity index (χ1) is 11.8. The number of ether oxygens (including phenoxy) is 1. The smallest absolute Gasteiger partial charge is 0.318 e. The zero-order valence-electron chi connectivity index (χ0n) is 14.0. The van der Waals surface area contributed by atoms with Gasteiger partial charge in [0.1, 0.15) is 0 Å². The van der Waals surface area contributed by atoms with E-state index >= 15 is 0 Å². The molecule has 2 aliphatic rings. The molecule has 1 saturated heterocycles. The maximum absolute atomic E-state index is 12.7. The van der Waals surface area contributed by atoms with Crippen LogP contribution in [0.4, 0.5) is 4.79 Å². The first-order valence-corrected chi connectivity index (χ1v) is 8.91. The van der Waals surface area contributed by atoms with Crippen LogP contribution in [0.2, 0.25) is 0 Å². The van der Waals surface area contributed by atoms with E-state index in [1.807, 2.05) is 23.1 Å². The van der Waals surface area contributed by atoms with Crippen molar-refractivity contribution >= 4 is 6.03 Å². The molecule has 1 N–H and O–H groups in total. The van der Waals surface area contributed by atoms with Crippen LogP contribution in [0.3, 0.4) is 0 Å². The Kier molecular flexibility index (Phi) is 5.71. The molecule has 1 aliphatic heterocycles. The number of benzene rings is 1. The summed E-state index contributed by atoms with van der Waals surface area (Å²) in [7, 11) is 0. The summed E-state index contributed by atoms with van der Waals surface area (Å²) >= 11 is 0. The lowest BCUT2D eigenvalue weighted by atomic mass is 10.1. The Bertz CT molecular complexity index is 599. The van der Waals surface area contributed by atoms with Crippen LogP contribution < -0.4 is 5.32 Å². The molecule has 1 saturated carbocycles. The largest absolute Gasteiger partial charge is 0.376 e. The number of hydrogen-bond acceptors (Lipinski definition) is 3. The Hall–Kier alpha value is -2.06. The fourth-order valence-corrected chi connectivity index (χ4v) is 3.65. The summed E-state index contributed by atoms with van der Waals surface area (Å²) < 4.78 is 5.73. The van der Waals surface area contributed by atoms with Gasteiger partial charge in [0.2, 0.25) is 0 Å². The van der Waals surface area contributed by atoms with Gasteiger partial charge in [-0.3, -0.25) is 0 Å². The van der Waals surface area contributed by atoms with Gasteiger partial charge >= 0.3 is 6.03 Å². The minimum absolute atomic E-state index is 0.0141. The monoisotopic (exact) mass is 327 g/mol. The van der Waals surface area contributed by atoms with Crippen molar-refractivity contribution in [3.8, 4) is 6.07 Å². The number of carbonyl (C=O) groups is 1. The van der Waals surface area contributed by atoms with Gasteiger partial charge in [0.25, 0.3) is 0 Å². The lowest BCUT2D eigenvalue weighted by Crippen LogP contribution is -2.48. The zero-order chi connectivity index (χ0) is 16.8. The highest BCUT2D eigenvalue weighted by molar-refractivity contribution is 5.74. The first-order valence-electron chi connectivity index (χ1n) is 8.91. The fourth-order valence-electron chi connectivity index (χ4n) is 3.65. The van der Waals surface area contributed by atoms with Crippen molar-refractivity contribution in [3.05, 3.63) is 35.4 Å². The zero-order valence-corrected chi connectivity index (χ0v) is 14.0. The van der Waals surface area contributed by atoms with Crippen molar-refractivity contribution in [1.29, 1.82) is 5.26 Å². The van der Waals surface area contributed by atoms with Gasteiger partial charge in [-0.2, -0.15) is 5.26 Å². The van der Waals surface area contributed by atoms with Crippen molar-refractivity contribution in [3.63, 3.8) is 0 Å². The molecule has 24 heavy (non-hydrogen) atoms. The molecule has 5 nitrogen and oxygen atoms in total. The highest BCUT2D eigenvalue weighted by Gasteiger charge is 2.30. The SMILES string of the molecule is N#Cc1cccc(CNC(=O)N(C[C@H]2CCCO2)C2CCCC2)c1. The number of nitriles is 1. The predicted molar refractivity (Wildman–Crippen MR) is 91.3 cm³/mol. The van der Waals surface area contributed by atoms with Crippen molar-refractivity contribution in [2.75, 3.05) is 13.2 Å². The molecule has 2 fully saturated rings. The summed E-state index contributed by atoms with van der Waals surface area (Å²) in [6, 6.07) is 9.82. The topological polar surface area (TPSA) is 65.4 Å². The summed E-state index contributed by atoms with van der Waals surface area (Å²) in [5.74, 6) is 0. The molecule has 128 valence electrons. The molecule has 2 amide bonds. The van der Waals surface area contributed by atoms with E-state index in [9.17, 15) is 4.79 Å². The third-order valence-corrected chi connectivity index (χ3v) is 4.95. The molecule has 1 heterocycles. The van der Waals surface area contributed by atoms with Gasteiger partial charge < -0.3 is 15.0 Å². The first kappa shape index (κ1) is 16.8. The minimum Gasteiger partial charge on any atom is -0.376 e. The highest BCUT2D eigenvalue weighted by Crippen LogP contribution is 2.25. The molecular formula is C19H25N3O2. The number of rotatable bonds is 5. The van der Waals surface area contributed by atoms with Gasteiger partial charge in [-0.15, -0.1) is 0 Å². The number of nitrogens with one attached hydrogen (secondary N) is 1. The number of amides is 2. The average Bonchev–Trinajstić information content (AvgIpc) is 3.31. The van der Waals surface area contributed by atoms with E-state index in [4.69, 9.17) is 10.00 Å². The van der Waals surface area contributed by atoms with Gasteiger partial charge in [0, 0.05) is 25.7 Å². The number of urea groups is 1. The Balaban J connectivity index is 1.60. The van der Waals surface area contributed by atoms with Gasteiger partial charge in [-0.1, -0.05) is 25.0 Å². The molecule has 0 unspecified atom stereocenters. The molecule has 1 aromatic carbocycles. The molecule has 3 rings (SSSR count). The molecular weight excluding hydrogens is 302 g/mol. The predicted octanol–water partition coefficient (Wildman–Crippen LogP) is 3.19. The van der Waals surface area contributed by atoms with E-state index in [1.165, 1.54) is 12.8 Å². The van der Waals surface area contributed by atoms with E-state index in [0.29, 0.717) is 24.7 Å². The van der Waals surface area contributed by atoms with Crippen LogP contribution in [-0.4, -0.2) is 36.2 Å². The Morgan fingerprint density at radius 3 is 2.83 bits per heavy atom. The average molecular weight is 327 g/mol. The molecule has 5 heteroatoms. The summed E-state index contributed by atoms with van der Waals surface area (Å²) in [4.78, 5) is 14.7. The summed E-state index contributed by atoms with van der Waals surface area (Å²) in [6.45, 7) is 1.95. The van der Waals surface area contributed by atoms with Crippen molar-refractivity contribution in [2.24, 2.45) is 0 Å². The molecule has 1 atom stereocenters. The van der Waals surface area contributed by atoms with E-state index in [1.54, 1.807) is 6.07 Å². The lowest BCUT2D eigenvalue weighted by molar-refractivity contribution is 0.0699. The van der Waals surface area contributed by atoms with Gasteiger partial charge in [-0.05, 0) is 43.4 Å². The Labute approximate surface area is 143 Å². The van der Waals surface area contributed by atoms with Crippen LogP contribution in [-0.2, 0) is 11.3 Å². The third-order valence-electron chi connectivity index (χ3n) is 4.95. The highest BCUT2D eigenvalue weighted by atomic mass is 16.5. The second-order valence-corrected chi connectivity index (χ2v) is 6.70. The number of carbonyl (C=O) groups excluding carboxylic acids is 1. The Morgan fingerprint density at radius 2 is 2.12 bits per heavy atom. The fraction of sp³-hybridized carbons (Fsp3) is 0.579. The van der Waals surface area contributed by atoms with E-state index in [2.05, 4.69) is 11.4 Å². The normalized spacial score (nSPS) is 20.7. The van der Waals surface area contributed by atoms with Crippen LogP contribution >= 0.6 is 0 Å². The van der Waals surface area contributed by atoms with Gasteiger partial charge in [0.15, 0.2) is 0 Å². The number of nitrogens with zero attached hydrogens (tertiary/aromatic N) is 2. The van der Waals surface area contributed by atoms with E-state index < -0.39 is 0 Å². The maximum Gasteiger partial charge on any atom is 0.318 e. The van der Waals surface area contributed by atoms with Crippen LogP contribution in [0, 0.1) is 11.3 Å². The van der Waals surface area contributed by atoms with Crippen LogP contribution in [0.5, 0.6) is 0 Å². The molecule has 1 aliphatic carbocycles. The standard InChI is InChI=1S/C19H25N3O2/c20-12-15-5-3-6-16(11-15)13-21-19(23)22(17-7-1-2-8-17)14-18-9-4-10-24-18/h3,5-6,11,17-18H,1-2,4,7-10,13-14H2,(H,21,23)/t18-/m1/s1. The lowest BCUT2D eigenvalue weighted by Gasteiger charge is -2.31.